The van der Waals surface area contributed by atoms with E-state index in [1.54, 1.807) is 0 Å². The van der Waals surface area contributed by atoms with Gasteiger partial charge in [-0.05, 0) is 172 Å². The van der Waals surface area contributed by atoms with E-state index in [0.29, 0.717) is 0 Å². The summed E-state index contributed by atoms with van der Waals surface area (Å²) in [7, 11) is 0. The monoisotopic (exact) mass is 852 g/mol. The second kappa shape index (κ2) is 16.6. The molecular weight excluding hydrogens is 805 g/mol. The van der Waals surface area contributed by atoms with Crippen molar-refractivity contribution in [2.45, 2.75) is 20.8 Å². The molecule has 0 aliphatic heterocycles. The molecule has 0 saturated carbocycles. The Hall–Kier alpha value is -8.32. The molecule has 67 heavy (non-hydrogen) atoms. The third kappa shape index (κ3) is 7.19. The molecule has 0 unspecified atom stereocenters. The van der Waals surface area contributed by atoms with Crippen molar-refractivity contribution < 1.29 is 0 Å². The highest BCUT2D eigenvalue weighted by molar-refractivity contribution is 6.29. The number of hydrogen-bond acceptors (Lipinski definition) is 0. The van der Waals surface area contributed by atoms with Gasteiger partial charge in [-0.25, -0.2) is 0 Å². The largest absolute Gasteiger partial charge is 0.0622 e. The van der Waals surface area contributed by atoms with Gasteiger partial charge in [0.1, 0.15) is 0 Å². The van der Waals surface area contributed by atoms with Crippen LogP contribution in [0.5, 0.6) is 0 Å². The quantitative estimate of drug-likeness (QED) is 0.111. The zero-order chi connectivity index (χ0) is 45.0. The van der Waals surface area contributed by atoms with E-state index in [1.165, 1.54) is 138 Å². The molecule has 0 fully saturated rings. The molecule has 0 bridgehead atoms. The number of rotatable bonds is 7. The van der Waals surface area contributed by atoms with E-state index in [9.17, 15) is 0 Å². The number of hydrogen-bond donors (Lipinski definition) is 0. The van der Waals surface area contributed by atoms with Crippen LogP contribution in [0.4, 0.5) is 0 Å². The van der Waals surface area contributed by atoms with Crippen LogP contribution in [0.25, 0.3) is 121 Å². The van der Waals surface area contributed by atoms with Gasteiger partial charge >= 0.3 is 0 Å². The van der Waals surface area contributed by atoms with E-state index in [0.717, 1.165) is 0 Å². The van der Waals surface area contributed by atoms with Gasteiger partial charge in [-0.3, -0.25) is 0 Å². The predicted molar refractivity (Wildman–Crippen MR) is 289 cm³/mol. The Kier molecular flexibility index (Phi) is 9.96. The minimum Gasteiger partial charge on any atom is -0.0622 e. The van der Waals surface area contributed by atoms with Gasteiger partial charge in [-0.2, -0.15) is 0 Å². The summed E-state index contributed by atoms with van der Waals surface area (Å²) in [5.74, 6) is 0. The predicted octanol–water partition coefficient (Wildman–Crippen LogP) is 18.9. The van der Waals surface area contributed by atoms with Crippen LogP contribution in [0, 0.1) is 20.8 Å². The van der Waals surface area contributed by atoms with E-state index in [4.69, 9.17) is 0 Å². The molecule has 0 aliphatic carbocycles. The van der Waals surface area contributed by atoms with Crippen LogP contribution in [0.1, 0.15) is 16.7 Å². The Morgan fingerprint density at radius 3 is 1.06 bits per heavy atom. The fraction of sp³-hybridized carbons (Fsp3) is 0.0448. The van der Waals surface area contributed by atoms with Crippen molar-refractivity contribution in [2.24, 2.45) is 0 Å². The molecule has 0 aliphatic rings. The molecule has 12 rings (SSSR count). The van der Waals surface area contributed by atoms with E-state index in [1.807, 2.05) is 0 Å². The number of benzene rings is 12. The molecule has 0 nitrogen and oxygen atoms in total. The maximum Gasteiger partial charge on any atom is -0.00201 e. The standard InChI is InChI=1S/C67H48/c1-43-18-14-23-48(35-43)50-25-16-27-52(39-50)65-59-33-13-12-32-58(59)64(53-28-17-26-51(40-53)55-36-44(2)34-45(3)37-55)62-41-60-56-30-10-11-31-57(56)67(54-29-15-24-49(38-54)46-19-6-4-7-20-46)66(61(60)42-63(62)65)47-21-8-5-9-22-47/h4-42H,1-3H3. The van der Waals surface area contributed by atoms with Crippen LogP contribution < -0.4 is 0 Å². The molecule has 0 atom stereocenters. The van der Waals surface area contributed by atoms with Crippen molar-refractivity contribution >= 4 is 43.1 Å². The minimum atomic E-state index is 1.20. The Balaban J connectivity index is 1.24. The van der Waals surface area contributed by atoms with Crippen LogP contribution in [-0.4, -0.2) is 0 Å². The molecule has 0 saturated heterocycles. The summed E-state index contributed by atoms with van der Waals surface area (Å²) in [6.45, 7) is 6.56. The molecule has 0 aromatic heterocycles. The average Bonchev–Trinajstić information content (AvgIpc) is 3.37. The van der Waals surface area contributed by atoms with Gasteiger partial charge in [0.05, 0.1) is 0 Å². The molecule has 0 heteroatoms. The van der Waals surface area contributed by atoms with Crippen LogP contribution in [-0.2, 0) is 0 Å². The van der Waals surface area contributed by atoms with E-state index in [2.05, 4.69) is 257 Å². The van der Waals surface area contributed by atoms with Crippen molar-refractivity contribution in [1.29, 1.82) is 0 Å². The van der Waals surface area contributed by atoms with Crippen LogP contribution in [0.2, 0.25) is 0 Å². The first-order valence-electron chi connectivity index (χ1n) is 23.4. The highest BCUT2D eigenvalue weighted by Gasteiger charge is 2.23. The Bertz CT molecular complexity index is 3850. The molecule has 316 valence electrons. The second-order valence-corrected chi connectivity index (χ2v) is 18.3. The molecule has 12 aromatic carbocycles. The zero-order valence-electron chi connectivity index (χ0n) is 38.0. The summed E-state index contributed by atoms with van der Waals surface area (Å²) in [6, 6.07) is 88.3. The maximum absolute atomic E-state index is 2.54. The molecule has 0 amide bonds. The lowest BCUT2D eigenvalue weighted by Gasteiger charge is -2.23. The van der Waals surface area contributed by atoms with E-state index >= 15 is 0 Å². The van der Waals surface area contributed by atoms with Crippen LogP contribution >= 0.6 is 0 Å². The summed E-state index contributed by atoms with van der Waals surface area (Å²) < 4.78 is 0. The first-order valence-corrected chi connectivity index (χ1v) is 23.4. The molecule has 0 N–H and O–H groups in total. The van der Waals surface area contributed by atoms with Gasteiger partial charge in [0.15, 0.2) is 0 Å². The molecule has 0 spiro atoms. The van der Waals surface area contributed by atoms with Crippen molar-refractivity contribution in [3.8, 4) is 77.9 Å². The lowest BCUT2D eigenvalue weighted by atomic mass is 9.80. The SMILES string of the molecule is Cc1cccc(-c2cccc(-c3c4ccccc4c(-c4cccc(-c5cc(C)cc(C)c5)c4)c4cc5c(cc34)c(-c3ccccc3)c(-c3cccc(-c4ccccc4)c3)c3ccccc35)c2)c1. The average molecular weight is 853 g/mol. The third-order valence-corrected chi connectivity index (χ3v) is 13.7. The van der Waals surface area contributed by atoms with Gasteiger partial charge in [0, 0.05) is 0 Å². The second-order valence-electron chi connectivity index (χ2n) is 18.3. The van der Waals surface area contributed by atoms with E-state index < -0.39 is 0 Å². The van der Waals surface area contributed by atoms with Crippen LogP contribution in [0.3, 0.4) is 0 Å². The first kappa shape index (κ1) is 40.2. The Morgan fingerprint density at radius 2 is 0.507 bits per heavy atom. The minimum absolute atomic E-state index is 1.20. The highest BCUT2D eigenvalue weighted by Crippen LogP contribution is 2.51. The number of fused-ring (bicyclic) bond motifs is 5. The van der Waals surface area contributed by atoms with E-state index in [-0.39, 0.29) is 0 Å². The summed E-state index contributed by atoms with van der Waals surface area (Å²) in [5.41, 5.74) is 20.9. The maximum atomic E-state index is 2.54. The highest BCUT2D eigenvalue weighted by atomic mass is 14.3. The smallest absolute Gasteiger partial charge is 0.00201 e. The van der Waals surface area contributed by atoms with Crippen LogP contribution in [0.15, 0.2) is 237 Å². The van der Waals surface area contributed by atoms with Gasteiger partial charge in [-0.15, -0.1) is 0 Å². The first-order chi connectivity index (χ1) is 32.9. The lowest BCUT2D eigenvalue weighted by Crippen LogP contribution is -1.95. The Labute approximate surface area is 393 Å². The normalized spacial score (nSPS) is 11.5. The van der Waals surface area contributed by atoms with Gasteiger partial charge in [0.25, 0.3) is 0 Å². The van der Waals surface area contributed by atoms with Crippen molar-refractivity contribution in [3.63, 3.8) is 0 Å². The summed E-state index contributed by atoms with van der Waals surface area (Å²) >= 11 is 0. The number of aryl methyl sites for hydroxylation is 3. The molecular formula is C67H48. The van der Waals surface area contributed by atoms with Crippen molar-refractivity contribution in [3.05, 3.63) is 253 Å². The fourth-order valence-corrected chi connectivity index (χ4v) is 10.8. The van der Waals surface area contributed by atoms with Gasteiger partial charge in [0.2, 0.25) is 0 Å². The zero-order valence-corrected chi connectivity index (χ0v) is 38.0. The summed E-state index contributed by atoms with van der Waals surface area (Å²) in [5, 5.41) is 9.91. The van der Waals surface area contributed by atoms with Gasteiger partial charge in [-0.1, -0.05) is 223 Å². The Morgan fingerprint density at radius 1 is 0.164 bits per heavy atom. The lowest BCUT2D eigenvalue weighted by molar-refractivity contribution is 1.38. The van der Waals surface area contributed by atoms with Gasteiger partial charge < -0.3 is 0 Å². The molecule has 0 radical (unpaired) electrons. The molecule has 12 aromatic rings. The molecule has 0 heterocycles. The summed E-state index contributed by atoms with van der Waals surface area (Å²) in [4.78, 5) is 0. The topological polar surface area (TPSA) is 0 Å². The van der Waals surface area contributed by atoms with Crippen molar-refractivity contribution in [2.75, 3.05) is 0 Å². The summed E-state index contributed by atoms with van der Waals surface area (Å²) in [6.07, 6.45) is 0. The third-order valence-electron chi connectivity index (χ3n) is 13.7. The fourth-order valence-electron chi connectivity index (χ4n) is 10.8. The van der Waals surface area contributed by atoms with Crippen molar-refractivity contribution in [1.82, 2.24) is 0 Å².